The lowest BCUT2D eigenvalue weighted by Gasteiger charge is -2.14. The van der Waals surface area contributed by atoms with E-state index >= 15 is 0 Å². The average Bonchev–Trinajstić information content (AvgIpc) is 3.42. The number of rotatable bonds is 7. The Bertz CT molecular complexity index is 1110. The van der Waals surface area contributed by atoms with Crippen molar-refractivity contribution in [3.05, 3.63) is 68.2 Å². The Labute approximate surface area is 171 Å². The van der Waals surface area contributed by atoms with Crippen molar-refractivity contribution in [1.29, 1.82) is 0 Å². The number of benzene rings is 1. The minimum Gasteiger partial charge on any atom is -0.376 e. The molecule has 29 heavy (non-hydrogen) atoms. The third kappa shape index (κ3) is 4.33. The van der Waals surface area contributed by atoms with Gasteiger partial charge in [-0.25, -0.2) is 4.79 Å². The van der Waals surface area contributed by atoms with Crippen molar-refractivity contribution >= 4 is 27.5 Å². The number of aromatic nitrogens is 2. The van der Waals surface area contributed by atoms with E-state index in [2.05, 4.69) is 5.32 Å². The Morgan fingerprint density at radius 2 is 2.00 bits per heavy atom. The molecular formula is C21H23N3O4S. The zero-order valence-electron chi connectivity index (χ0n) is 16.0. The van der Waals surface area contributed by atoms with Crippen molar-refractivity contribution in [3.8, 4) is 0 Å². The van der Waals surface area contributed by atoms with E-state index in [9.17, 15) is 14.4 Å². The number of nitrogens with zero attached hydrogens (tertiary/aromatic N) is 2. The lowest BCUT2D eigenvalue weighted by molar-refractivity contribution is -0.122. The number of ether oxygens (including phenoxy) is 1. The van der Waals surface area contributed by atoms with E-state index in [-0.39, 0.29) is 30.7 Å². The van der Waals surface area contributed by atoms with Crippen molar-refractivity contribution in [1.82, 2.24) is 14.5 Å². The number of carbonyl (C=O) groups excluding carboxylic acids is 1. The van der Waals surface area contributed by atoms with Crippen LogP contribution in [0.2, 0.25) is 0 Å². The van der Waals surface area contributed by atoms with Crippen LogP contribution in [0.25, 0.3) is 10.2 Å². The van der Waals surface area contributed by atoms with Crippen LogP contribution in [-0.2, 0) is 29.0 Å². The van der Waals surface area contributed by atoms with Gasteiger partial charge in [-0.1, -0.05) is 30.3 Å². The van der Waals surface area contributed by atoms with Gasteiger partial charge in [0.25, 0.3) is 5.56 Å². The molecule has 0 bridgehead atoms. The Balaban J connectivity index is 1.57. The second kappa shape index (κ2) is 8.75. The Morgan fingerprint density at radius 1 is 1.17 bits per heavy atom. The van der Waals surface area contributed by atoms with Gasteiger partial charge in [-0.3, -0.25) is 18.7 Å². The second-order valence-corrected chi connectivity index (χ2v) is 8.05. The third-order valence-electron chi connectivity index (χ3n) is 5.16. The topological polar surface area (TPSA) is 82.3 Å². The molecule has 1 N–H and O–H groups in total. The number of aryl methyl sites for hydroxylation is 1. The SMILES string of the molecule is O=C(Cn1c(=O)n(CCc2ccccc2)c(=O)c2sccc21)NCC1CCCO1. The summed E-state index contributed by atoms with van der Waals surface area (Å²) in [6.45, 7) is 1.31. The van der Waals surface area contributed by atoms with Gasteiger partial charge < -0.3 is 10.1 Å². The van der Waals surface area contributed by atoms with Crippen molar-refractivity contribution in [2.45, 2.75) is 38.5 Å². The predicted octanol–water partition coefficient (Wildman–Crippen LogP) is 1.76. The summed E-state index contributed by atoms with van der Waals surface area (Å²) in [6.07, 6.45) is 2.54. The van der Waals surface area contributed by atoms with Crippen LogP contribution in [0.4, 0.5) is 0 Å². The number of fused-ring (bicyclic) bond motifs is 1. The normalized spacial score (nSPS) is 16.3. The molecule has 0 radical (unpaired) electrons. The molecule has 7 nitrogen and oxygen atoms in total. The number of hydrogen-bond donors (Lipinski definition) is 1. The van der Waals surface area contributed by atoms with Crippen molar-refractivity contribution < 1.29 is 9.53 Å². The van der Waals surface area contributed by atoms with Crippen molar-refractivity contribution in [2.24, 2.45) is 0 Å². The van der Waals surface area contributed by atoms with Gasteiger partial charge in [0, 0.05) is 19.7 Å². The summed E-state index contributed by atoms with van der Waals surface area (Å²) in [5, 5.41) is 4.61. The van der Waals surface area contributed by atoms with Gasteiger partial charge in [-0.05, 0) is 36.3 Å². The minimum absolute atomic E-state index is 0.0386. The predicted molar refractivity (Wildman–Crippen MR) is 112 cm³/mol. The van der Waals surface area contributed by atoms with Crippen LogP contribution in [0.1, 0.15) is 18.4 Å². The molecule has 0 aliphatic carbocycles. The van der Waals surface area contributed by atoms with Crippen LogP contribution in [0.15, 0.2) is 51.4 Å². The highest BCUT2D eigenvalue weighted by molar-refractivity contribution is 7.17. The third-order valence-corrected chi connectivity index (χ3v) is 6.05. The van der Waals surface area contributed by atoms with E-state index in [1.54, 1.807) is 11.4 Å². The summed E-state index contributed by atoms with van der Waals surface area (Å²) in [5.41, 5.74) is 0.801. The molecule has 1 saturated heterocycles. The molecule has 2 aromatic heterocycles. The fourth-order valence-electron chi connectivity index (χ4n) is 3.60. The van der Waals surface area contributed by atoms with E-state index in [1.165, 1.54) is 20.5 Å². The number of carbonyl (C=O) groups is 1. The number of nitrogens with one attached hydrogen (secondary N) is 1. The standard InChI is InChI=1S/C21H23N3O4S/c25-18(22-13-16-7-4-11-28-16)14-24-17-9-12-29-19(17)20(26)23(21(24)27)10-8-15-5-2-1-3-6-15/h1-3,5-6,9,12,16H,4,7-8,10-11,13-14H2,(H,22,25). The maximum atomic E-state index is 13.0. The summed E-state index contributed by atoms with van der Waals surface area (Å²) < 4.78 is 8.63. The summed E-state index contributed by atoms with van der Waals surface area (Å²) >= 11 is 1.29. The Hall–Kier alpha value is -2.71. The van der Waals surface area contributed by atoms with Crippen LogP contribution in [-0.4, -0.2) is 34.3 Å². The lowest BCUT2D eigenvalue weighted by Crippen LogP contribution is -2.43. The molecule has 8 heteroatoms. The van der Waals surface area contributed by atoms with Gasteiger partial charge in [0.1, 0.15) is 11.2 Å². The molecule has 4 rings (SSSR count). The van der Waals surface area contributed by atoms with Gasteiger partial charge in [-0.2, -0.15) is 0 Å². The van der Waals surface area contributed by atoms with Crippen LogP contribution >= 0.6 is 11.3 Å². The van der Waals surface area contributed by atoms with Crippen molar-refractivity contribution in [2.75, 3.05) is 13.2 Å². The zero-order valence-corrected chi connectivity index (χ0v) is 16.8. The monoisotopic (exact) mass is 413 g/mol. The highest BCUT2D eigenvalue weighted by atomic mass is 32.1. The molecule has 3 aromatic rings. The fourth-order valence-corrected chi connectivity index (χ4v) is 4.44. The van der Waals surface area contributed by atoms with Gasteiger partial charge in [0.15, 0.2) is 0 Å². The molecular weight excluding hydrogens is 390 g/mol. The molecule has 1 aromatic carbocycles. The fraction of sp³-hybridized carbons (Fsp3) is 0.381. The smallest absolute Gasteiger partial charge is 0.332 e. The van der Waals surface area contributed by atoms with Crippen molar-refractivity contribution in [3.63, 3.8) is 0 Å². The van der Waals surface area contributed by atoms with Crippen LogP contribution < -0.4 is 16.6 Å². The van der Waals surface area contributed by atoms with Gasteiger partial charge >= 0.3 is 5.69 Å². The number of amides is 1. The van der Waals surface area contributed by atoms with Crippen LogP contribution in [0.3, 0.4) is 0 Å². The summed E-state index contributed by atoms with van der Waals surface area (Å²) in [5.74, 6) is -0.261. The molecule has 0 saturated carbocycles. The molecule has 1 fully saturated rings. The largest absolute Gasteiger partial charge is 0.376 e. The molecule has 0 spiro atoms. The highest BCUT2D eigenvalue weighted by Crippen LogP contribution is 2.15. The summed E-state index contributed by atoms with van der Waals surface area (Å²) in [7, 11) is 0. The lowest BCUT2D eigenvalue weighted by atomic mass is 10.1. The Morgan fingerprint density at radius 3 is 2.76 bits per heavy atom. The molecule has 1 unspecified atom stereocenters. The first-order valence-electron chi connectivity index (χ1n) is 9.76. The first-order chi connectivity index (χ1) is 14.1. The van der Waals surface area contributed by atoms with Gasteiger partial charge in [-0.15, -0.1) is 11.3 Å². The minimum atomic E-state index is -0.455. The average molecular weight is 413 g/mol. The molecule has 152 valence electrons. The van der Waals surface area contributed by atoms with E-state index in [0.717, 1.165) is 25.0 Å². The maximum absolute atomic E-state index is 13.0. The first kappa shape index (κ1) is 19.6. The van der Waals surface area contributed by atoms with E-state index in [1.807, 2.05) is 30.3 Å². The van der Waals surface area contributed by atoms with Crippen LogP contribution in [0, 0.1) is 0 Å². The molecule has 1 amide bonds. The first-order valence-corrected chi connectivity index (χ1v) is 10.6. The van der Waals surface area contributed by atoms with E-state index < -0.39 is 5.69 Å². The number of thiophene rings is 1. The summed E-state index contributed by atoms with van der Waals surface area (Å²) in [6, 6.07) is 11.4. The maximum Gasteiger partial charge on any atom is 0.332 e. The van der Waals surface area contributed by atoms with Crippen LogP contribution in [0.5, 0.6) is 0 Å². The second-order valence-electron chi connectivity index (χ2n) is 7.14. The molecule has 1 atom stereocenters. The van der Waals surface area contributed by atoms with E-state index in [4.69, 9.17) is 4.74 Å². The Kier molecular flexibility index (Phi) is 5.92. The molecule has 1 aliphatic rings. The van der Waals surface area contributed by atoms with Gasteiger partial charge in [0.05, 0.1) is 11.6 Å². The van der Waals surface area contributed by atoms with E-state index in [0.29, 0.717) is 23.2 Å². The summed E-state index contributed by atoms with van der Waals surface area (Å²) in [4.78, 5) is 38.3. The molecule has 3 heterocycles. The molecule has 1 aliphatic heterocycles. The van der Waals surface area contributed by atoms with Gasteiger partial charge in [0.2, 0.25) is 5.91 Å². The quantitative estimate of drug-likeness (QED) is 0.640. The number of hydrogen-bond acceptors (Lipinski definition) is 5. The highest BCUT2D eigenvalue weighted by Gasteiger charge is 2.19. The zero-order chi connectivity index (χ0) is 20.2.